The Labute approximate surface area is 117 Å². The quantitative estimate of drug-likeness (QED) is 0.631. The highest BCUT2D eigenvalue weighted by Gasteiger charge is 2.22. The van der Waals surface area contributed by atoms with Crippen LogP contribution in [-0.4, -0.2) is 49.7 Å². The second-order valence-electron chi connectivity index (χ2n) is 5.91. The van der Waals surface area contributed by atoms with Crippen LogP contribution in [0, 0.1) is 5.92 Å². The molecule has 4 nitrogen and oxygen atoms in total. The van der Waals surface area contributed by atoms with Crippen LogP contribution < -0.4 is 5.32 Å². The van der Waals surface area contributed by atoms with E-state index in [4.69, 9.17) is 9.47 Å². The minimum atomic E-state index is -0.423. The Morgan fingerprint density at radius 2 is 2.00 bits per heavy atom. The zero-order chi connectivity index (χ0) is 14.1. The van der Waals surface area contributed by atoms with Crippen molar-refractivity contribution in [3.05, 3.63) is 0 Å². The van der Waals surface area contributed by atoms with Gasteiger partial charge in [-0.05, 0) is 32.6 Å². The van der Waals surface area contributed by atoms with E-state index < -0.39 is 6.10 Å². The molecule has 2 N–H and O–H groups in total. The second-order valence-corrected chi connectivity index (χ2v) is 5.91. The van der Waals surface area contributed by atoms with Crippen LogP contribution in [0.2, 0.25) is 0 Å². The van der Waals surface area contributed by atoms with Crippen LogP contribution in [0.4, 0.5) is 0 Å². The first-order chi connectivity index (χ1) is 9.09. The van der Waals surface area contributed by atoms with Crippen LogP contribution in [0.5, 0.6) is 0 Å². The molecule has 1 rings (SSSR count). The van der Waals surface area contributed by atoms with Crippen molar-refractivity contribution < 1.29 is 14.6 Å². The van der Waals surface area contributed by atoms with Gasteiger partial charge in [0.25, 0.3) is 0 Å². The predicted molar refractivity (Wildman–Crippen MR) is 77.3 cm³/mol. The van der Waals surface area contributed by atoms with Crippen molar-refractivity contribution in [1.29, 1.82) is 0 Å². The highest BCUT2D eigenvalue weighted by atomic mass is 16.5. The standard InChI is InChI=1S/C15H31NO3/c1-12(2)18-9-8-16-10-14(17)11-19-15-7-5-4-6-13(15)3/h12-17H,4-11H2,1-3H3. The van der Waals surface area contributed by atoms with Crippen molar-refractivity contribution in [2.24, 2.45) is 5.92 Å². The fourth-order valence-electron chi connectivity index (χ4n) is 2.46. The maximum Gasteiger partial charge on any atom is 0.0897 e. The lowest BCUT2D eigenvalue weighted by molar-refractivity contribution is -0.0454. The molecule has 3 unspecified atom stereocenters. The molecule has 0 aromatic heterocycles. The van der Waals surface area contributed by atoms with Gasteiger partial charge in [-0.1, -0.05) is 19.8 Å². The molecule has 0 aromatic carbocycles. The molecule has 114 valence electrons. The number of rotatable bonds is 9. The first-order valence-electron chi connectivity index (χ1n) is 7.71. The molecular weight excluding hydrogens is 242 g/mol. The van der Waals surface area contributed by atoms with E-state index in [1.54, 1.807) is 0 Å². The van der Waals surface area contributed by atoms with Gasteiger partial charge in [0.1, 0.15) is 0 Å². The van der Waals surface area contributed by atoms with Crippen molar-refractivity contribution in [3.8, 4) is 0 Å². The molecule has 0 heterocycles. The van der Waals surface area contributed by atoms with Gasteiger partial charge < -0.3 is 19.9 Å². The highest BCUT2D eigenvalue weighted by Crippen LogP contribution is 2.26. The topological polar surface area (TPSA) is 50.7 Å². The lowest BCUT2D eigenvalue weighted by Crippen LogP contribution is -2.35. The third-order valence-electron chi connectivity index (χ3n) is 3.65. The zero-order valence-electron chi connectivity index (χ0n) is 12.7. The summed E-state index contributed by atoms with van der Waals surface area (Å²) in [6.07, 6.45) is 5.16. The molecule has 1 fully saturated rings. The molecule has 0 bridgehead atoms. The van der Waals surface area contributed by atoms with Gasteiger partial charge in [-0.2, -0.15) is 0 Å². The minimum Gasteiger partial charge on any atom is -0.389 e. The number of nitrogens with one attached hydrogen (secondary N) is 1. The van der Waals surface area contributed by atoms with Crippen LogP contribution in [0.3, 0.4) is 0 Å². The van der Waals surface area contributed by atoms with Crippen LogP contribution >= 0.6 is 0 Å². The maximum absolute atomic E-state index is 9.85. The smallest absolute Gasteiger partial charge is 0.0897 e. The fraction of sp³-hybridized carbons (Fsp3) is 1.00. The Morgan fingerprint density at radius 3 is 2.68 bits per heavy atom. The lowest BCUT2D eigenvalue weighted by Gasteiger charge is -2.29. The van der Waals surface area contributed by atoms with E-state index in [1.807, 2.05) is 13.8 Å². The molecule has 1 aliphatic rings. The van der Waals surface area contributed by atoms with E-state index in [-0.39, 0.29) is 6.10 Å². The third-order valence-corrected chi connectivity index (χ3v) is 3.65. The Morgan fingerprint density at radius 1 is 1.26 bits per heavy atom. The molecule has 4 heteroatoms. The molecule has 3 atom stereocenters. The largest absolute Gasteiger partial charge is 0.389 e. The van der Waals surface area contributed by atoms with Gasteiger partial charge in [-0.25, -0.2) is 0 Å². The van der Waals surface area contributed by atoms with Gasteiger partial charge in [-0.15, -0.1) is 0 Å². The summed E-state index contributed by atoms with van der Waals surface area (Å²) in [5.74, 6) is 0.633. The average Bonchev–Trinajstić information content (AvgIpc) is 2.37. The Kier molecular flexibility index (Phi) is 8.62. The molecular formula is C15H31NO3. The number of aliphatic hydroxyl groups excluding tert-OH is 1. The third kappa shape index (κ3) is 7.88. The number of hydrogen-bond acceptors (Lipinski definition) is 4. The van der Waals surface area contributed by atoms with Crippen LogP contribution in [0.25, 0.3) is 0 Å². The van der Waals surface area contributed by atoms with Crippen molar-refractivity contribution in [2.45, 2.75) is 64.8 Å². The van der Waals surface area contributed by atoms with Crippen molar-refractivity contribution >= 4 is 0 Å². The monoisotopic (exact) mass is 273 g/mol. The summed E-state index contributed by atoms with van der Waals surface area (Å²) in [5, 5.41) is 13.0. The summed E-state index contributed by atoms with van der Waals surface area (Å²) >= 11 is 0. The van der Waals surface area contributed by atoms with Gasteiger partial charge in [-0.3, -0.25) is 0 Å². The van der Waals surface area contributed by atoms with Crippen LogP contribution in [-0.2, 0) is 9.47 Å². The van der Waals surface area contributed by atoms with E-state index in [0.29, 0.717) is 31.8 Å². The Balaban J connectivity index is 1.99. The summed E-state index contributed by atoms with van der Waals surface area (Å²) < 4.78 is 11.2. The molecule has 19 heavy (non-hydrogen) atoms. The van der Waals surface area contributed by atoms with E-state index in [0.717, 1.165) is 13.0 Å². The maximum atomic E-state index is 9.85. The Hall–Kier alpha value is -0.160. The summed E-state index contributed by atoms with van der Waals surface area (Å²) in [6.45, 7) is 8.76. The summed E-state index contributed by atoms with van der Waals surface area (Å²) in [4.78, 5) is 0. The van der Waals surface area contributed by atoms with Gasteiger partial charge in [0.05, 0.1) is 31.5 Å². The molecule has 0 radical (unpaired) electrons. The lowest BCUT2D eigenvalue weighted by atomic mass is 9.88. The summed E-state index contributed by atoms with van der Waals surface area (Å²) in [5.41, 5.74) is 0. The fourth-order valence-corrected chi connectivity index (χ4v) is 2.46. The Bertz CT molecular complexity index is 223. The number of aliphatic hydroxyl groups is 1. The molecule has 0 amide bonds. The molecule has 0 aromatic rings. The van der Waals surface area contributed by atoms with Gasteiger partial charge in [0.15, 0.2) is 0 Å². The number of hydrogen-bond donors (Lipinski definition) is 2. The van der Waals surface area contributed by atoms with Crippen LogP contribution in [0.1, 0.15) is 46.5 Å². The molecule has 0 saturated heterocycles. The highest BCUT2D eigenvalue weighted by molar-refractivity contribution is 4.73. The first kappa shape index (κ1) is 16.9. The zero-order valence-corrected chi connectivity index (χ0v) is 12.7. The first-order valence-corrected chi connectivity index (χ1v) is 7.71. The van der Waals surface area contributed by atoms with E-state index in [9.17, 15) is 5.11 Å². The van der Waals surface area contributed by atoms with Gasteiger partial charge in [0, 0.05) is 13.1 Å². The van der Waals surface area contributed by atoms with E-state index in [1.165, 1.54) is 19.3 Å². The van der Waals surface area contributed by atoms with Crippen LogP contribution in [0.15, 0.2) is 0 Å². The van der Waals surface area contributed by atoms with Gasteiger partial charge in [0.2, 0.25) is 0 Å². The van der Waals surface area contributed by atoms with E-state index >= 15 is 0 Å². The second kappa shape index (κ2) is 9.70. The predicted octanol–water partition coefficient (Wildman–Crippen LogP) is 1.96. The van der Waals surface area contributed by atoms with Crippen molar-refractivity contribution in [3.63, 3.8) is 0 Å². The SMILES string of the molecule is CC(C)OCCNCC(O)COC1CCCCC1C. The van der Waals surface area contributed by atoms with Crippen molar-refractivity contribution in [1.82, 2.24) is 5.32 Å². The summed E-state index contributed by atoms with van der Waals surface area (Å²) in [7, 11) is 0. The normalized spacial score (nSPS) is 25.7. The van der Waals surface area contributed by atoms with E-state index in [2.05, 4.69) is 12.2 Å². The average molecular weight is 273 g/mol. The molecule has 0 spiro atoms. The molecule has 0 aliphatic heterocycles. The molecule has 1 aliphatic carbocycles. The number of ether oxygens (including phenoxy) is 2. The minimum absolute atomic E-state index is 0.267. The van der Waals surface area contributed by atoms with Gasteiger partial charge >= 0.3 is 0 Å². The van der Waals surface area contributed by atoms with Crippen molar-refractivity contribution in [2.75, 3.05) is 26.3 Å². The molecule has 1 saturated carbocycles. The summed E-state index contributed by atoms with van der Waals surface area (Å²) in [6, 6.07) is 0.